The predicted octanol–water partition coefficient (Wildman–Crippen LogP) is 5.06. The number of hydrogen-bond acceptors (Lipinski definition) is 5. The first-order chi connectivity index (χ1) is 20.2. The standard InChI is InChI=1S/C33H45ClN4O4.ClH/c1-4-24-12-5-6-16-37(24)17-18-38-29(31(40)36-25-13-7-9-20(2)21(25)3)33-15-14-26(42-33)27(28(33)32(38)41)30(39)35-23-11-8-10-22(34)19-23;/h8,10-11,14-15,19-21,24-29H,4-7,9,12-13,16-18H2,1-3H3,(H,35,39)(H,36,40);1H/t20?,21?,24?,25?,26-,27?,28-,29?,33?;/m0./s1. The van der Waals surface area contributed by atoms with Gasteiger partial charge in [0.05, 0.1) is 17.9 Å². The predicted molar refractivity (Wildman–Crippen MR) is 170 cm³/mol. The minimum Gasteiger partial charge on any atom is -0.359 e. The summed E-state index contributed by atoms with van der Waals surface area (Å²) < 4.78 is 6.55. The monoisotopic (exact) mass is 632 g/mol. The van der Waals surface area contributed by atoms with E-state index in [-0.39, 0.29) is 36.2 Å². The summed E-state index contributed by atoms with van der Waals surface area (Å²) in [5, 5.41) is 6.83. The molecule has 0 radical (unpaired) electrons. The first-order valence-electron chi connectivity index (χ1n) is 16.0. The van der Waals surface area contributed by atoms with Crippen LogP contribution in [0.15, 0.2) is 36.4 Å². The fourth-order valence-corrected chi connectivity index (χ4v) is 8.59. The number of anilines is 1. The van der Waals surface area contributed by atoms with Crippen molar-refractivity contribution in [1.82, 2.24) is 15.1 Å². The zero-order chi connectivity index (χ0) is 29.6. The van der Waals surface area contributed by atoms with Crippen LogP contribution in [-0.2, 0) is 19.1 Å². The summed E-state index contributed by atoms with van der Waals surface area (Å²) in [6.07, 6.45) is 11.0. The number of halogens is 2. The number of rotatable bonds is 8. The average molecular weight is 634 g/mol. The van der Waals surface area contributed by atoms with Crippen molar-refractivity contribution in [3.05, 3.63) is 41.4 Å². The minimum atomic E-state index is -1.16. The van der Waals surface area contributed by atoms with Gasteiger partial charge in [0.2, 0.25) is 17.7 Å². The Morgan fingerprint density at radius 1 is 1.09 bits per heavy atom. The van der Waals surface area contributed by atoms with Crippen LogP contribution in [0.2, 0.25) is 5.02 Å². The van der Waals surface area contributed by atoms with E-state index in [9.17, 15) is 14.4 Å². The molecule has 8 nitrogen and oxygen atoms in total. The molecule has 1 saturated carbocycles. The molecule has 43 heavy (non-hydrogen) atoms. The summed E-state index contributed by atoms with van der Waals surface area (Å²) in [5.74, 6) is -1.22. The van der Waals surface area contributed by atoms with Crippen LogP contribution in [0.25, 0.3) is 0 Å². The van der Waals surface area contributed by atoms with Gasteiger partial charge in [0, 0.05) is 35.9 Å². The van der Waals surface area contributed by atoms with E-state index in [0.29, 0.717) is 41.7 Å². The van der Waals surface area contributed by atoms with E-state index in [1.54, 1.807) is 29.2 Å². The molecule has 0 aromatic heterocycles. The molecule has 2 bridgehead atoms. The molecule has 236 valence electrons. The van der Waals surface area contributed by atoms with E-state index >= 15 is 0 Å². The number of ether oxygens (including phenoxy) is 1. The molecule has 1 aromatic carbocycles. The molecule has 1 spiro atoms. The zero-order valence-electron chi connectivity index (χ0n) is 25.5. The van der Waals surface area contributed by atoms with E-state index < -0.39 is 29.6 Å². The zero-order valence-corrected chi connectivity index (χ0v) is 27.0. The van der Waals surface area contributed by atoms with E-state index in [4.69, 9.17) is 16.3 Å². The van der Waals surface area contributed by atoms with Crippen molar-refractivity contribution in [2.75, 3.05) is 25.0 Å². The van der Waals surface area contributed by atoms with E-state index in [1.165, 1.54) is 12.8 Å². The molecule has 5 aliphatic rings. The molecule has 2 N–H and O–H groups in total. The highest BCUT2D eigenvalue weighted by atomic mass is 35.5. The molecule has 9 atom stereocenters. The lowest BCUT2D eigenvalue weighted by Gasteiger charge is -2.39. The maximum Gasteiger partial charge on any atom is 0.246 e. The Morgan fingerprint density at radius 2 is 1.91 bits per heavy atom. The van der Waals surface area contributed by atoms with Crippen LogP contribution in [0.1, 0.15) is 65.7 Å². The van der Waals surface area contributed by atoms with Crippen LogP contribution in [0, 0.1) is 23.7 Å². The average Bonchev–Trinajstić information content (AvgIpc) is 3.61. The van der Waals surface area contributed by atoms with Crippen molar-refractivity contribution >= 4 is 47.4 Å². The summed E-state index contributed by atoms with van der Waals surface area (Å²) >= 11 is 6.16. The number of carbonyl (C=O) groups excluding carboxylic acids is 3. The molecule has 3 saturated heterocycles. The molecule has 4 heterocycles. The van der Waals surface area contributed by atoms with Crippen molar-refractivity contribution < 1.29 is 19.1 Å². The Kier molecular flexibility index (Phi) is 9.81. The summed E-state index contributed by atoms with van der Waals surface area (Å²) in [6, 6.07) is 6.73. The highest BCUT2D eigenvalue weighted by Gasteiger charge is 2.72. The van der Waals surface area contributed by atoms with Crippen molar-refractivity contribution in [2.45, 2.75) is 95.5 Å². The molecular formula is C33H46Cl2N4O4. The smallest absolute Gasteiger partial charge is 0.246 e. The van der Waals surface area contributed by atoms with Gasteiger partial charge >= 0.3 is 0 Å². The third-order valence-electron chi connectivity index (χ3n) is 10.9. The summed E-state index contributed by atoms with van der Waals surface area (Å²) in [6.45, 7) is 8.83. The number of hydrogen-bond donors (Lipinski definition) is 2. The first kappa shape index (κ1) is 32.3. The number of benzene rings is 1. The fourth-order valence-electron chi connectivity index (χ4n) is 8.40. The van der Waals surface area contributed by atoms with Crippen LogP contribution in [0.5, 0.6) is 0 Å². The number of piperidine rings is 1. The summed E-state index contributed by atoms with van der Waals surface area (Å²) in [4.78, 5) is 46.6. The van der Waals surface area contributed by atoms with E-state index in [0.717, 1.165) is 38.6 Å². The molecule has 1 aromatic rings. The molecule has 6 rings (SSSR count). The third-order valence-corrected chi connectivity index (χ3v) is 11.1. The van der Waals surface area contributed by atoms with E-state index in [2.05, 4.69) is 36.3 Å². The maximum absolute atomic E-state index is 14.4. The molecule has 4 fully saturated rings. The van der Waals surface area contributed by atoms with Crippen molar-refractivity contribution in [1.29, 1.82) is 0 Å². The highest BCUT2D eigenvalue weighted by Crippen LogP contribution is 2.55. The topological polar surface area (TPSA) is 91.0 Å². The maximum atomic E-state index is 14.4. The van der Waals surface area contributed by atoms with Crippen LogP contribution in [-0.4, -0.2) is 77.0 Å². The largest absolute Gasteiger partial charge is 0.359 e. The van der Waals surface area contributed by atoms with Gasteiger partial charge in [-0.2, -0.15) is 0 Å². The van der Waals surface area contributed by atoms with Gasteiger partial charge in [-0.15, -0.1) is 12.4 Å². The second-order valence-electron chi connectivity index (χ2n) is 13.2. The van der Waals surface area contributed by atoms with Gasteiger partial charge in [0.15, 0.2) is 0 Å². The van der Waals surface area contributed by atoms with Crippen LogP contribution in [0.3, 0.4) is 0 Å². The highest BCUT2D eigenvalue weighted by molar-refractivity contribution is 6.30. The van der Waals surface area contributed by atoms with E-state index in [1.807, 2.05) is 12.2 Å². The Hall–Kier alpha value is -2.13. The van der Waals surface area contributed by atoms with Crippen LogP contribution >= 0.6 is 24.0 Å². The number of fused-ring (bicyclic) bond motifs is 1. The normalized spacial score (nSPS) is 36.7. The van der Waals surface area contributed by atoms with Crippen molar-refractivity contribution in [2.24, 2.45) is 23.7 Å². The first-order valence-corrected chi connectivity index (χ1v) is 16.4. The summed E-state index contributed by atoms with van der Waals surface area (Å²) in [7, 11) is 0. The van der Waals surface area contributed by atoms with Gasteiger partial charge < -0.3 is 20.3 Å². The number of amides is 3. The quantitative estimate of drug-likeness (QED) is 0.391. The lowest BCUT2D eigenvalue weighted by molar-refractivity contribution is -0.142. The van der Waals surface area contributed by atoms with Gasteiger partial charge in [-0.1, -0.05) is 69.9 Å². The Labute approximate surface area is 266 Å². The fraction of sp³-hybridized carbons (Fsp3) is 0.667. The van der Waals surface area contributed by atoms with Crippen molar-refractivity contribution in [3.8, 4) is 0 Å². The molecule has 1 aliphatic carbocycles. The minimum absolute atomic E-state index is 0. The third kappa shape index (κ3) is 5.85. The molecular weight excluding hydrogens is 587 g/mol. The number of nitrogens with zero attached hydrogens (tertiary/aromatic N) is 2. The number of likely N-dealkylation sites (tertiary alicyclic amines) is 2. The van der Waals surface area contributed by atoms with Gasteiger partial charge in [-0.3, -0.25) is 19.3 Å². The molecule has 7 unspecified atom stereocenters. The lowest BCUT2D eigenvalue weighted by Crippen LogP contribution is -2.58. The number of nitrogens with one attached hydrogen (secondary N) is 2. The van der Waals surface area contributed by atoms with Gasteiger partial charge in [0.25, 0.3) is 0 Å². The molecule has 3 amide bonds. The molecule has 4 aliphatic heterocycles. The molecule has 10 heteroatoms. The lowest BCUT2D eigenvalue weighted by atomic mass is 9.73. The Morgan fingerprint density at radius 3 is 2.67 bits per heavy atom. The number of carbonyl (C=O) groups is 3. The van der Waals surface area contributed by atoms with Crippen LogP contribution < -0.4 is 10.6 Å². The Balaban J connectivity index is 0.00000368. The summed E-state index contributed by atoms with van der Waals surface area (Å²) in [5.41, 5.74) is -0.585. The van der Waals surface area contributed by atoms with Gasteiger partial charge in [0.1, 0.15) is 11.6 Å². The Bertz CT molecular complexity index is 1250. The van der Waals surface area contributed by atoms with Gasteiger partial charge in [-0.05, 0) is 62.3 Å². The van der Waals surface area contributed by atoms with Crippen LogP contribution in [0.4, 0.5) is 5.69 Å². The second kappa shape index (κ2) is 13.1. The SMILES string of the molecule is CCC1CCCCN1CCN1C(=O)[C@@H]2C(C(=O)Nc3cccc(Cl)c3)[C@@H]3C=CC2(O3)C1C(=O)NC1CCCC(C)C1C.Cl. The van der Waals surface area contributed by atoms with Crippen molar-refractivity contribution in [3.63, 3.8) is 0 Å². The van der Waals surface area contributed by atoms with Gasteiger partial charge in [-0.25, -0.2) is 0 Å². The second-order valence-corrected chi connectivity index (χ2v) is 13.6.